The minimum atomic E-state index is 0.239. The summed E-state index contributed by atoms with van der Waals surface area (Å²) in [6.45, 7) is 4.85. The molecule has 1 aromatic carbocycles. The second kappa shape index (κ2) is 7.09. The van der Waals surface area contributed by atoms with Gasteiger partial charge in [0.2, 0.25) is 0 Å². The Morgan fingerprint density at radius 2 is 1.81 bits per heavy atom. The van der Waals surface area contributed by atoms with Gasteiger partial charge in [-0.1, -0.05) is 29.8 Å². The monoisotopic (exact) mass is 286 g/mol. The zero-order valence-electron chi connectivity index (χ0n) is 13.0. The van der Waals surface area contributed by atoms with Crippen molar-refractivity contribution in [1.82, 2.24) is 10.3 Å². The molecule has 0 aliphatic heterocycles. The average molecular weight is 286 g/mol. The number of aryl methyl sites for hydroxylation is 1. The van der Waals surface area contributed by atoms with Crippen molar-refractivity contribution >= 4 is 0 Å². The predicted octanol–water partition coefficient (Wildman–Crippen LogP) is 3.26. The van der Waals surface area contributed by atoms with Gasteiger partial charge < -0.3 is 14.8 Å². The number of hydrogen-bond acceptors (Lipinski definition) is 4. The van der Waals surface area contributed by atoms with Gasteiger partial charge in [-0.3, -0.25) is 4.98 Å². The van der Waals surface area contributed by atoms with Crippen LogP contribution in [0.4, 0.5) is 0 Å². The SMILES string of the molecule is COc1ccnc(CN[C@H](C)c2ccc(C)cc2)c1OC. The van der Waals surface area contributed by atoms with E-state index < -0.39 is 0 Å². The topological polar surface area (TPSA) is 43.4 Å². The van der Waals surface area contributed by atoms with Crippen LogP contribution in [0.15, 0.2) is 36.5 Å². The van der Waals surface area contributed by atoms with Crippen LogP contribution >= 0.6 is 0 Å². The van der Waals surface area contributed by atoms with Crippen molar-refractivity contribution in [3.05, 3.63) is 53.3 Å². The normalized spacial score (nSPS) is 12.0. The van der Waals surface area contributed by atoms with Crippen LogP contribution < -0.4 is 14.8 Å². The van der Waals surface area contributed by atoms with Crippen molar-refractivity contribution in [3.63, 3.8) is 0 Å². The van der Waals surface area contributed by atoms with Gasteiger partial charge in [-0.25, -0.2) is 0 Å². The lowest BCUT2D eigenvalue weighted by atomic mass is 10.1. The molecule has 21 heavy (non-hydrogen) atoms. The van der Waals surface area contributed by atoms with Gasteiger partial charge >= 0.3 is 0 Å². The predicted molar refractivity (Wildman–Crippen MR) is 83.8 cm³/mol. The van der Waals surface area contributed by atoms with Crippen LogP contribution in [-0.2, 0) is 6.54 Å². The molecule has 0 saturated carbocycles. The van der Waals surface area contributed by atoms with Crippen molar-refractivity contribution in [2.75, 3.05) is 14.2 Å². The van der Waals surface area contributed by atoms with Crippen molar-refractivity contribution in [3.8, 4) is 11.5 Å². The van der Waals surface area contributed by atoms with Crippen LogP contribution in [-0.4, -0.2) is 19.2 Å². The van der Waals surface area contributed by atoms with Gasteiger partial charge in [-0.2, -0.15) is 0 Å². The summed E-state index contributed by atoms with van der Waals surface area (Å²) in [5.74, 6) is 1.39. The maximum atomic E-state index is 5.39. The van der Waals surface area contributed by atoms with Crippen molar-refractivity contribution in [2.24, 2.45) is 0 Å². The summed E-state index contributed by atoms with van der Waals surface area (Å²) in [7, 11) is 3.26. The van der Waals surface area contributed by atoms with E-state index in [2.05, 4.69) is 48.4 Å². The molecule has 4 nitrogen and oxygen atoms in total. The van der Waals surface area contributed by atoms with E-state index in [9.17, 15) is 0 Å². The third-order valence-electron chi connectivity index (χ3n) is 3.52. The van der Waals surface area contributed by atoms with E-state index in [1.807, 2.05) is 0 Å². The molecule has 0 amide bonds. The molecule has 0 bridgehead atoms. The number of nitrogens with zero attached hydrogens (tertiary/aromatic N) is 1. The van der Waals surface area contributed by atoms with Crippen LogP contribution in [0.3, 0.4) is 0 Å². The largest absolute Gasteiger partial charge is 0.493 e. The highest BCUT2D eigenvalue weighted by Gasteiger charge is 2.12. The number of rotatable bonds is 6. The summed E-state index contributed by atoms with van der Waals surface area (Å²) < 4.78 is 10.7. The molecular formula is C17H22N2O2. The van der Waals surface area contributed by atoms with Crippen molar-refractivity contribution in [1.29, 1.82) is 0 Å². The molecule has 1 N–H and O–H groups in total. The summed E-state index contributed by atoms with van der Waals surface area (Å²) in [6, 6.07) is 10.6. The van der Waals surface area contributed by atoms with Crippen LogP contribution in [0.5, 0.6) is 11.5 Å². The molecule has 1 aromatic heterocycles. The third kappa shape index (κ3) is 3.73. The molecular weight excluding hydrogens is 264 g/mol. The van der Waals surface area contributed by atoms with Crippen molar-refractivity contribution in [2.45, 2.75) is 26.4 Å². The second-order valence-corrected chi connectivity index (χ2v) is 5.01. The smallest absolute Gasteiger partial charge is 0.183 e. The van der Waals surface area contributed by atoms with Crippen molar-refractivity contribution < 1.29 is 9.47 Å². The first-order chi connectivity index (χ1) is 10.2. The number of pyridine rings is 1. The Morgan fingerprint density at radius 1 is 1.10 bits per heavy atom. The molecule has 0 spiro atoms. The van der Waals surface area contributed by atoms with Gasteiger partial charge in [-0.05, 0) is 19.4 Å². The number of ether oxygens (including phenoxy) is 2. The molecule has 0 saturated heterocycles. The summed E-state index contributed by atoms with van der Waals surface area (Å²) in [5.41, 5.74) is 3.36. The maximum Gasteiger partial charge on any atom is 0.183 e. The molecule has 2 aromatic rings. The van der Waals surface area contributed by atoms with Gasteiger partial charge in [0, 0.05) is 24.8 Å². The Kier molecular flexibility index (Phi) is 5.17. The standard InChI is InChI=1S/C17H22N2O2/c1-12-5-7-14(8-6-12)13(2)19-11-15-17(21-4)16(20-3)9-10-18-15/h5-10,13,19H,11H2,1-4H3/t13-/m1/s1. The van der Waals surface area contributed by atoms with Gasteiger partial charge in [0.15, 0.2) is 11.5 Å². The number of aromatic nitrogens is 1. The van der Waals surface area contributed by atoms with Crippen LogP contribution in [0.25, 0.3) is 0 Å². The highest BCUT2D eigenvalue weighted by molar-refractivity contribution is 5.42. The first-order valence-electron chi connectivity index (χ1n) is 7.01. The molecule has 0 aliphatic carbocycles. The molecule has 1 atom stereocenters. The fraction of sp³-hybridized carbons (Fsp3) is 0.353. The fourth-order valence-electron chi connectivity index (χ4n) is 2.20. The Balaban J connectivity index is 2.07. The number of nitrogens with one attached hydrogen (secondary N) is 1. The van der Waals surface area contributed by atoms with E-state index in [4.69, 9.17) is 9.47 Å². The van der Waals surface area contributed by atoms with Gasteiger partial charge in [-0.15, -0.1) is 0 Å². The summed E-state index contributed by atoms with van der Waals surface area (Å²) >= 11 is 0. The van der Waals surface area contributed by atoms with Crippen LogP contribution in [0.1, 0.15) is 29.8 Å². The number of methoxy groups -OCH3 is 2. The fourth-order valence-corrected chi connectivity index (χ4v) is 2.20. The molecule has 0 aliphatic rings. The number of benzene rings is 1. The first-order valence-corrected chi connectivity index (χ1v) is 7.01. The van der Waals surface area contributed by atoms with Crippen LogP contribution in [0.2, 0.25) is 0 Å². The lowest BCUT2D eigenvalue weighted by Gasteiger charge is -2.16. The number of hydrogen-bond donors (Lipinski definition) is 1. The molecule has 0 radical (unpaired) electrons. The van der Waals surface area contributed by atoms with E-state index in [1.54, 1.807) is 26.5 Å². The minimum absolute atomic E-state index is 0.239. The van der Waals surface area contributed by atoms with E-state index in [-0.39, 0.29) is 6.04 Å². The Bertz CT molecular complexity index is 582. The van der Waals surface area contributed by atoms with E-state index in [0.29, 0.717) is 18.0 Å². The molecule has 2 rings (SSSR count). The van der Waals surface area contributed by atoms with Crippen LogP contribution in [0, 0.1) is 6.92 Å². The third-order valence-corrected chi connectivity index (χ3v) is 3.52. The Labute approximate surface area is 126 Å². The quantitative estimate of drug-likeness (QED) is 0.885. The highest BCUT2D eigenvalue weighted by atomic mass is 16.5. The lowest BCUT2D eigenvalue weighted by Crippen LogP contribution is -2.19. The molecule has 112 valence electrons. The molecule has 1 heterocycles. The summed E-state index contributed by atoms with van der Waals surface area (Å²) in [5, 5.41) is 3.46. The average Bonchev–Trinajstić information content (AvgIpc) is 2.52. The van der Waals surface area contributed by atoms with E-state index in [0.717, 1.165) is 5.69 Å². The summed E-state index contributed by atoms with van der Waals surface area (Å²) in [6.07, 6.45) is 1.73. The Morgan fingerprint density at radius 3 is 2.43 bits per heavy atom. The van der Waals surface area contributed by atoms with E-state index in [1.165, 1.54) is 11.1 Å². The molecule has 0 fully saturated rings. The lowest BCUT2D eigenvalue weighted by molar-refractivity contribution is 0.347. The zero-order chi connectivity index (χ0) is 15.2. The first kappa shape index (κ1) is 15.3. The van der Waals surface area contributed by atoms with Gasteiger partial charge in [0.05, 0.1) is 19.9 Å². The highest BCUT2D eigenvalue weighted by Crippen LogP contribution is 2.29. The van der Waals surface area contributed by atoms with Gasteiger partial charge in [0.25, 0.3) is 0 Å². The molecule has 0 unspecified atom stereocenters. The second-order valence-electron chi connectivity index (χ2n) is 5.01. The molecule has 4 heteroatoms. The zero-order valence-corrected chi connectivity index (χ0v) is 13.0. The summed E-state index contributed by atoms with van der Waals surface area (Å²) in [4.78, 5) is 4.37. The van der Waals surface area contributed by atoms with E-state index >= 15 is 0 Å². The maximum absolute atomic E-state index is 5.39. The Hall–Kier alpha value is -2.07. The minimum Gasteiger partial charge on any atom is -0.493 e. The van der Waals surface area contributed by atoms with Gasteiger partial charge in [0.1, 0.15) is 0 Å².